The lowest BCUT2D eigenvalue weighted by Crippen LogP contribution is -2.29. The van der Waals surface area contributed by atoms with Gasteiger partial charge in [-0.15, -0.1) is 22.7 Å². The Kier molecular flexibility index (Phi) is 6.20. The Bertz CT molecular complexity index is 905. The highest BCUT2D eigenvalue weighted by Crippen LogP contribution is 2.27. The number of thiophene rings is 1. The number of methoxy groups -OCH3 is 1. The number of amides is 2. The van der Waals surface area contributed by atoms with E-state index in [1.165, 1.54) is 29.6 Å². The summed E-state index contributed by atoms with van der Waals surface area (Å²) in [5, 5.41) is 9.98. The summed E-state index contributed by atoms with van der Waals surface area (Å²) in [6, 6.07) is 11.0. The summed E-state index contributed by atoms with van der Waals surface area (Å²) in [6.07, 6.45) is 0.150. The average molecular weight is 402 g/mol. The van der Waals surface area contributed by atoms with Crippen molar-refractivity contribution in [3.63, 3.8) is 0 Å². The Balaban J connectivity index is 1.65. The van der Waals surface area contributed by atoms with Crippen LogP contribution in [0.4, 0.5) is 5.13 Å². The molecule has 2 aromatic heterocycles. The highest BCUT2D eigenvalue weighted by Gasteiger charge is 2.19. The summed E-state index contributed by atoms with van der Waals surface area (Å²) >= 11 is 2.87. The maximum Gasteiger partial charge on any atom is 0.228 e. The molecule has 0 saturated carbocycles. The van der Waals surface area contributed by atoms with Crippen molar-refractivity contribution in [3.05, 3.63) is 52.0 Å². The quantitative estimate of drug-likeness (QED) is 0.625. The first-order chi connectivity index (χ1) is 13.0. The van der Waals surface area contributed by atoms with Gasteiger partial charge in [0.05, 0.1) is 25.3 Å². The van der Waals surface area contributed by atoms with E-state index in [-0.39, 0.29) is 24.3 Å². The second kappa shape index (κ2) is 8.79. The molecule has 2 heterocycles. The van der Waals surface area contributed by atoms with Gasteiger partial charge < -0.3 is 15.4 Å². The van der Waals surface area contributed by atoms with E-state index >= 15 is 0 Å². The van der Waals surface area contributed by atoms with Crippen molar-refractivity contribution in [1.29, 1.82) is 0 Å². The minimum absolute atomic E-state index is 0.150. The van der Waals surface area contributed by atoms with Crippen molar-refractivity contribution in [1.82, 2.24) is 10.3 Å². The Morgan fingerprint density at radius 3 is 2.59 bits per heavy atom. The van der Waals surface area contributed by atoms with Gasteiger partial charge in [-0.1, -0.05) is 6.07 Å². The van der Waals surface area contributed by atoms with Crippen LogP contribution in [0.1, 0.15) is 24.3 Å². The van der Waals surface area contributed by atoms with Gasteiger partial charge in [-0.3, -0.25) is 9.59 Å². The van der Waals surface area contributed by atoms with Gasteiger partial charge in [0.2, 0.25) is 11.8 Å². The molecule has 0 fully saturated rings. The van der Waals surface area contributed by atoms with E-state index in [2.05, 4.69) is 15.6 Å². The lowest BCUT2D eigenvalue weighted by atomic mass is 10.1. The summed E-state index contributed by atoms with van der Waals surface area (Å²) < 4.78 is 5.15. The van der Waals surface area contributed by atoms with Crippen LogP contribution in [0.2, 0.25) is 0 Å². The second-order valence-electron chi connectivity index (χ2n) is 5.79. The monoisotopic (exact) mass is 401 g/mol. The molecule has 2 N–H and O–H groups in total. The normalized spacial score (nSPS) is 11.6. The van der Waals surface area contributed by atoms with Crippen LogP contribution in [0, 0.1) is 0 Å². The summed E-state index contributed by atoms with van der Waals surface area (Å²) in [5.74, 6) is 0.412. The first-order valence-corrected chi connectivity index (χ1v) is 10.0. The predicted octanol–water partition coefficient (Wildman–Crippen LogP) is 4.09. The largest absolute Gasteiger partial charge is 0.497 e. The van der Waals surface area contributed by atoms with E-state index < -0.39 is 0 Å². The number of benzene rings is 1. The zero-order valence-electron chi connectivity index (χ0n) is 14.9. The summed E-state index contributed by atoms with van der Waals surface area (Å²) in [5.41, 5.74) is 1.73. The first-order valence-electron chi connectivity index (χ1n) is 8.25. The number of hydrogen-bond acceptors (Lipinski definition) is 6. The third kappa shape index (κ3) is 5.15. The number of nitrogens with zero attached hydrogens (tertiary/aromatic N) is 1. The highest BCUT2D eigenvalue weighted by atomic mass is 32.1. The average Bonchev–Trinajstić information content (AvgIpc) is 3.33. The molecule has 3 aromatic rings. The first kappa shape index (κ1) is 19.1. The third-order valence-corrected chi connectivity index (χ3v) is 5.53. The number of carbonyl (C=O) groups excluding carboxylic acids is 2. The molecule has 0 saturated heterocycles. The van der Waals surface area contributed by atoms with Crippen LogP contribution >= 0.6 is 22.7 Å². The van der Waals surface area contributed by atoms with Crippen LogP contribution in [-0.2, 0) is 9.59 Å². The molecule has 0 aliphatic rings. The molecule has 27 heavy (non-hydrogen) atoms. The van der Waals surface area contributed by atoms with Crippen LogP contribution < -0.4 is 15.4 Å². The van der Waals surface area contributed by atoms with Crippen molar-refractivity contribution < 1.29 is 14.3 Å². The molecule has 6 nitrogen and oxygen atoms in total. The van der Waals surface area contributed by atoms with E-state index in [1.54, 1.807) is 7.11 Å². The van der Waals surface area contributed by atoms with Crippen LogP contribution in [0.25, 0.3) is 11.3 Å². The molecule has 0 radical (unpaired) electrons. The summed E-state index contributed by atoms with van der Waals surface area (Å²) in [7, 11) is 1.62. The summed E-state index contributed by atoms with van der Waals surface area (Å²) in [4.78, 5) is 29.3. The zero-order valence-corrected chi connectivity index (χ0v) is 16.5. The fourth-order valence-corrected chi connectivity index (χ4v) is 4.05. The van der Waals surface area contributed by atoms with Crippen molar-refractivity contribution in [2.24, 2.45) is 0 Å². The smallest absolute Gasteiger partial charge is 0.228 e. The lowest BCUT2D eigenvalue weighted by molar-refractivity contribution is -0.120. The summed E-state index contributed by atoms with van der Waals surface area (Å²) in [6.45, 7) is 1.44. The molecule has 8 heteroatoms. The van der Waals surface area contributed by atoms with Crippen molar-refractivity contribution in [2.45, 2.75) is 19.4 Å². The molecule has 0 unspecified atom stereocenters. The van der Waals surface area contributed by atoms with Crippen molar-refractivity contribution in [2.75, 3.05) is 12.4 Å². The fourth-order valence-electron chi connectivity index (χ4n) is 2.54. The van der Waals surface area contributed by atoms with E-state index in [0.717, 1.165) is 21.9 Å². The molecule has 0 spiro atoms. The van der Waals surface area contributed by atoms with E-state index in [0.29, 0.717) is 5.13 Å². The standard InChI is InChI=1S/C19H19N3O3S2/c1-12(23)20-15(17-4-3-9-26-17)10-18(24)22-19-21-16(11-27-19)13-5-7-14(25-2)8-6-13/h3-9,11,15H,10H2,1-2H3,(H,20,23)(H,21,22,24)/t15-/m1/s1. The maximum absolute atomic E-state index is 12.4. The zero-order chi connectivity index (χ0) is 19.2. The number of ether oxygens (including phenoxy) is 1. The van der Waals surface area contributed by atoms with Gasteiger partial charge >= 0.3 is 0 Å². The van der Waals surface area contributed by atoms with Gasteiger partial charge in [0.15, 0.2) is 5.13 Å². The molecule has 0 aliphatic carbocycles. The minimum atomic E-state index is -0.344. The lowest BCUT2D eigenvalue weighted by Gasteiger charge is -2.15. The number of nitrogens with one attached hydrogen (secondary N) is 2. The predicted molar refractivity (Wildman–Crippen MR) is 108 cm³/mol. The topological polar surface area (TPSA) is 80.3 Å². The molecule has 1 atom stereocenters. The molecular weight excluding hydrogens is 382 g/mol. The van der Waals surface area contributed by atoms with Gasteiger partial charge in [0.1, 0.15) is 5.75 Å². The Morgan fingerprint density at radius 1 is 1.19 bits per heavy atom. The molecule has 0 aliphatic heterocycles. The molecule has 3 rings (SSSR count). The molecule has 0 bridgehead atoms. The van der Waals surface area contributed by atoms with Crippen LogP contribution in [0.15, 0.2) is 47.2 Å². The third-order valence-electron chi connectivity index (χ3n) is 3.79. The van der Waals surface area contributed by atoms with E-state index in [9.17, 15) is 9.59 Å². The molecule has 2 amide bonds. The van der Waals surface area contributed by atoms with E-state index in [4.69, 9.17) is 4.74 Å². The second-order valence-corrected chi connectivity index (χ2v) is 7.62. The number of anilines is 1. The number of hydrogen-bond donors (Lipinski definition) is 2. The number of aromatic nitrogens is 1. The van der Waals surface area contributed by atoms with Crippen molar-refractivity contribution in [3.8, 4) is 17.0 Å². The van der Waals surface area contributed by atoms with Crippen LogP contribution in [-0.4, -0.2) is 23.9 Å². The van der Waals surface area contributed by atoms with Gasteiger partial charge in [0, 0.05) is 22.7 Å². The molecule has 140 valence electrons. The fraction of sp³-hybridized carbons (Fsp3) is 0.211. The Labute approximate surface area is 165 Å². The minimum Gasteiger partial charge on any atom is -0.497 e. The Hall–Kier alpha value is -2.71. The van der Waals surface area contributed by atoms with Gasteiger partial charge in [-0.05, 0) is 35.7 Å². The molecule has 1 aromatic carbocycles. The van der Waals surface area contributed by atoms with Crippen molar-refractivity contribution >= 4 is 39.6 Å². The maximum atomic E-state index is 12.4. The molecular formula is C19H19N3O3S2. The van der Waals surface area contributed by atoms with Gasteiger partial charge in [-0.2, -0.15) is 0 Å². The van der Waals surface area contributed by atoms with Crippen LogP contribution in [0.3, 0.4) is 0 Å². The van der Waals surface area contributed by atoms with E-state index in [1.807, 2.05) is 47.2 Å². The Morgan fingerprint density at radius 2 is 1.96 bits per heavy atom. The number of carbonyl (C=O) groups is 2. The van der Waals surface area contributed by atoms with Crippen LogP contribution in [0.5, 0.6) is 5.75 Å². The SMILES string of the molecule is COc1ccc(-c2csc(NC(=O)C[C@@H](NC(C)=O)c3cccs3)n2)cc1. The number of thiazole rings is 1. The highest BCUT2D eigenvalue weighted by molar-refractivity contribution is 7.14. The van der Waals surface area contributed by atoms with Gasteiger partial charge in [-0.25, -0.2) is 4.98 Å². The van der Waals surface area contributed by atoms with Gasteiger partial charge in [0.25, 0.3) is 0 Å². The number of rotatable bonds is 7.